The minimum atomic E-state index is -0.845. The van der Waals surface area contributed by atoms with Crippen LogP contribution in [0.15, 0.2) is 24.3 Å². The molecule has 0 aliphatic rings. The summed E-state index contributed by atoms with van der Waals surface area (Å²) in [7, 11) is 1.27. The molecule has 1 aromatic rings. The molecule has 0 spiro atoms. The maximum atomic E-state index is 12.0. The summed E-state index contributed by atoms with van der Waals surface area (Å²) in [5.74, 6) is 5.30. The van der Waals surface area contributed by atoms with Crippen LogP contribution in [0.25, 0.3) is 0 Å². The van der Waals surface area contributed by atoms with Gasteiger partial charge in [-0.2, -0.15) is 0 Å². The number of benzene rings is 1. The van der Waals surface area contributed by atoms with Gasteiger partial charge in [-0.15, -0.1) is 0 Å². The lowest BCUT2D eigenvalue weighted by Crippen LogP contribution is -2.45. The van der Waals surface area contributed by atoms with E-state index in [4.69, 9.17) is 9.47 Å². The normalized spacial score (nSPS) is 13.0. The first-order valence-corrected chi connectivity index (χ1v) is 8.44. The van der Waals surface area contributed by atoms with Gasteiger partial charge in [-0.1, -0.05) is 24.0 Å². The number of ether oxygens (including phenoxy) is 2. The molecular formula is C20H27NO5. The van der Waals surface area contributed by atoms with Crippen LogP contribution in [0.3, 0.4) is 0 Å². The van der Waals surface area contributed by atoms with Gasteiger partial charge in [0.2, 0.25) is 0 Å². The largest absolute Gasteiger partial charge is 0.467 e. The van der Waals surface area contributed by atoms with E-state index >= 15 is 0 Å². The number of nitrogens with one attached hydrogen (secondary N) is 1. The van der Waals surface area contributed by atoms with E-state index in [0.29, 0.717) is 6.42 Å². The summed E-state index contributed by atoms with van der Waals surface area (Å²) in [4.78, 5) is 23.9. The summed E-state index contributed by atoms with van der Waals surface area (Å²) < 4.78 is 9.95. The van der Waals surface area contributed by atoms with E-state index in [1.807, 2.05) is 24.3 Å². The van der Waals surface area contributed by atoms with Crippen LogP contribution in [0.1, 0.15) is 45.2 Å². The number of hydrogen-bond acceptors (Lipinski definition) is 5. The van der Waals surface area contributed by atoms with Crippen molar-refractivity contribution < 1.29 is 24.2 Å². The number of alkyl carbamates (subject to hydrolysis) is 1. The lowest BCUT2D eigenvalue weighted by molar-refractivity contribution is -0.143. The molecule has 26 heavy (non-hydrogen) atoms. The number of aliphatic hydroxyl groups is 1. The molecule has 1 aromatic carbocycles. The summed E-state index contributed by atoms with van der Waals surface area (Å²) >= 11 is 0. The number of methoxy groups -OCH3 is 1. The van der Waals surface area contributed by atoms with Crippen molar-refractivity contribution in [3.63, 3.8) is 0 Å². The van der Waals surface area contributed by atoms with Gasteiger partial charge in [0.05, 0.1) is 13.2 Å². The van der Waals surface area contributed by atoms with Crippen molar-refractivity contribution in [2.75, 3.05) is 7.11 Å². The number of carbonyl (C=O) groups is 2. The Hall–Kier alpha value is -2.52. The summed E-state index contributed by atoms with van der Waals surface area (Å²) in [5.41, 5.74) is 0.999. The molecular weight excluding hydrogens is 334 g/mol. The fourth-order valence-corrected chi connectivity index (χ4v) is 2.05. The zero-order valence-corrected chi connectivity index (χ0v) is 16.0. The van der Waals surface area contributed by atoms with Crippen molar-refractivity contribution in [1.29, 1.82) is 0 Å². The van der Waals surface area contributed by atoms with E-state index in [1.54, 1.807) is 27.7 Å². The van der Waals surface area contributed by atoms with Crippen molar-refractivity contribution in [2.45, 2.75) is 58.3 Å². The lowest BCUT2D eigenvalue weighted by Gasteiger charge is -2.22. The highest BCUT2D eigenvalue weighted by atomic mass is 16.6. The molecule has 0 aliphatic carbocycles. The van der Waals surface area contributed by atoms with Crippen LogP contribution in [0, 0.1) is 11.8 Å². The van der Waals surface area contributed by atoms with E-state index in [9.17, 15) is 14.7 Å². The van der Waals surface area contributed by atoms with Crippen LogP contribution in [-0.4, -0.2) is 42.0 Å². The van der Waals surface area contributed by atoms with Gasteiger partial charge >= 0.3 is 12.1 Å². The highest BCUT2D eigenvalue weighted by molar-refractivity contribution is 5.81. The summed E-state index contributed by atoms with van der Waals surface area (Å²) in [6.45, 7) is 6.92. The van der Waals surface area contributed by atoms with Gasteiger partial charge in [0.1, 0.15) is 11.6 Å². The smallest absolute Gasteiger partial charge is 0.408 e. The number of carbonyl (C=O) groups excluding carboxylic acids is 2. The van der Waals surface area contributed by atoms with Crippen molar-refractivity contribution in [1.82, 2.24) is 5.32 Å². The lowest BCUT2D eigenvalue weighted by atomic mass is 10.0. The monoisotopic (exact) mass is 361 g/mol. The number of esters is 1. The first-order chi connectivity index (χ1) is 12.1. The molecule has 6 heteroatoms. The van der Waals surface area contributed by atoms with Gasteiger partial charge in [-0.05, 0) is 45.4 Å². The molecule has 1 amide bonds. The van der Waals surface area contributed by atoms with Gasteiger partial charge < -0.3 is 19.9 Å². The molecule has 0 bridgehead atoms. The minimum absolute atomic E-state index is 0.271. The van der Waals surface area contributed by atoms with E-state index in [2.05, 4.69) is 17.2 Å². The number of hydrogen-bond donors (Lipinski definition) is 2. The second kappa shape index (κ2) is 9.83. The highest BCUT2D eigenvalue weighted by Crippen LogP contribution is 2.10. The predicted molar refractivity (Wildman–Crippen MR) is 98.5 cm³/mol. The third-order valence-electron chi connectivity index (χ3n) is 3.20. The van der Waals surface area contributed by atoms with Gasteiger partial charge in [0, 0.05) is 18.4 Å². The summed E-state index contributed by atoms with van der Waals surface area (Å²) in [6, 6.07) is 6.47. The molecule has 142 valence electrons. The van der Waals surface area contributed by atoms with Crippen LogP contribution in [0.4, 0.5) is 4.79 Å². The van der Waals surface area contributed by atoms with Crippen molar-refractivity contribution in [2.24, 2.45) is 0 Å². The van der Waals surface area contributed by atoms with Gasteiger partial charge in [0.15, 0.2) is 0 Å². The van der Waals surface area contributed by atoms with Gasteiger partial charge in [-0.25, -0.2) is 9.59 Å². The second-order valence-electron chi connectivity index (χ2n) is 6.98. The third-order valence-corrected chi connectivity index (χ3v) is 3.20. The van der Waals surface area contributed by atoms with Crippen LogP contribution in [0.2, 0.25) is 0 Å². The van der Waals surface area contributed by atoms with Crippen LogP contribution < -0.4 is 5.32 Å². The molecule has 2 atom stereocenters. The average Bonchev–Trinajstić information content (AvgIpc) is 2.53. The Kier molecular flexibility index (Phi) is 8.14. The predicted octanol–water partition coefficient (Wildman–Crippen LogP) is 2.42. The zero-order chi connectivity index (χ0) is 19.7. The Morgan fingerprint density at radius 3 is 2.35 bits per heavy atom. The molecule has 1 unspecified atom stereocenters. The molecule has 0 aromatic heterocycles. The van der Waals surface area contributed by atoms with Crippen LogP contribution in [0.5, 0.6) is 0 Å². The molecule has 6 nitrogen and oxygen atoms in total. The molecule has 0 aliphatic heterocycles. The fraction of sp³-hybridized carbons (Fsp3) is 0.500. The van der Waals surface area contributed by atoms with Gasteiger partial charge in [0.25, 0.3) is 0 Å². The van der Waals surface area contributed by atoms with Crippen molar-refractivity contribution >= 4 is 12.1 Å². The van der Waals surface area contributed by atoms with E-state index in [0.717, 1.165) is 11.1 Å². The minimum Gasteiger partial charge on any atom is -0.467 e. The Morgan fingerprint density at radius 2 is 1.85 bits per heavy atom. The molecule has 2 N–H and O–H groups in total. The molecule has 0 saturated heterocycles. The fourth-order valence-electron chi connectivity index (χ4n) is 2.05. The van der Waals surface area contributed by atoms with Crippen molar-refractivity contribution in [3.8, 4) is 11.8 Å². The Morgan fingerprint density at radius 1 is 1.23 bits per heavy atom. The highest BCUT2D eigenvalue weighted by Gasteiger charge is 2.25. The topological polar surface area (TPSA) is 84.9 Å². The maximum absolute atomic E-state index is 12.0. The van der Waals surface area contributed by atoms with E-state index < -0.39 is 29.8 Å². The first kappa shape index (κ1) is 21.5. The molecule has 0 saturated carbocycles. The first-order valence-electron chi connectivity index (χ1n) is 8.44. The van der Waals surface area contributed by atoms with Crippen molar-refractivity contribution in [3.05, 3.63) is 35.4 Å². The van der Waals surface area contributed by atoms with E-state index in [1.165, 1.54) is 7.11 Å². The quantitative estimate of drug-likeness (QED) is 0.621. The molecule has 1 rings (SSSR count). The second-order valence-corrected chi connectivity index (χ2v) is 6.98. The molecule has 0 radical (unpaired) electrons. The SMILES string of the molecule is COC(=O)[C@H](Cc1ccc(C#CCC(C)O)cc1)NC(=O)OC(C)(C)C. The Balaban J connectivity index is 2.77. The number of rotatable bonds is 5. The summed E-state index contributed by atoms with van der Waals surface area (Å²) in [5, 5.41) is 11.7. The standard InChI is InChI=1S/C20H27NO5/c1-14(22)7-6-8-15-9-11-16(12-10-15)13-17(18(23)25-5)21-19(24)26-20(2,3)4/h9-12,14,17,22H,7,13H2,1-5H3,(H,21,24)/t14?,17-/m0/s1. The van der Waals surface area contributed by atoms with Crippen LogP contribution in [-0.2, 0) is 20.7 Å². The van der Waals surface area contributed by atoms with Gasteiger partial charge in [-0.3, -0.25) is 0 Å². The zero-order valence-electron chi connectivity index (χ0n) is 16.0. The van der Waals surface area contributed by atoms with Crippen LogP contribution >= 0.6 is 0 Å². The Bertz CT molecular complexity index is 662. The summed E-state index contributed by atoms with van der Waals surface area (Å²) in [6.07, 6.45) is -0.450. The third kappa shape index (κ3) is 8.54. The molecule has 0 heterocycles. The molecule has 0 fully saturated rings. The average molecular weight is 361 g/mol. The number of aliphatic hydroxyl groups excluding tert-OH is 1. The van der Waals surface area contributed by atoms with E-state index in [-0.39, 0.29) is 6.42 Å². The maximum Gasteiger partial charge on any atom is 0.408 e. The Labute approximate surface area is 154 Å². The number of amides is 1.